The van der Waals surface area contributed by atoms with Crippen molar-refractivity contribution in [2.75, 3.05) is 11.8 Å². The summed E-state index contributed by atoms with van der Waals surface area (Å²) in [4.78, 5) is 0.0432. The molecule has 0 amide bonds. The molecule has 108 valence electrons. The monoisotopic (exact) mass is 322 g/mol. The molecule has 0 aromatic heterocycles. The van der Waals surface area contributed by atoms with E-state index in [4.69, 9.17) is 21.6 Å². The van der Waals surface area contributed by atoms with Gasteiger partial charge >= 0.3 is 0 Å². The zero-order chi connectivity index (χ0) is 15.5. The standard InChI is InChI=1S/C14H11ClN2O3S/c1-20-13-4-2-3-10(9-16)14(13)17-21(18,19)12-7-5-11(15)6-8-12/h2-8,17H,1H3. The zero-order valence-corrected chi connectivity index (χ0v) is 12.6. The van der Waals surface area contributed by atoms with Gasteiger partial charge in [-0.1, -0.05) is 17.7 Å². The van der Waals surface area contributed by atoms with E-state index >= 15 is 0 Å². The van der Waals surface area contributed by atoms with Crippen LogP contribution in [0.1, 0.15) is 5.56 Å². The second-order valence-electron chi connectivity index (χ2n) is 4.05. The zero-order valence-electron chi connectivity index (χ0n) is 11.0. The number of rotatable bonds is 4. The molecule has 0 unspecified atom stereocenters. The third-order valence-corrected chi connectivity index (χ3v) is 4.34. The third-order valence-electron chi connectivity index (χ3n) is 2.73. The second-order valence-corrected chi connectivity index (χ2v) is 6.17. The Morgan fingerprint density at radius 1 is 1.19 bits per heavy atom. The molecule has 2 aromatic carbocycles. The van der Waals surface area contributed by atoms with Gasteiger partial charge in [0.25, 0.3) is 10.0 Å². The van der Waals surface area contributed by atoms with Crippen LogP contribution in [-0.4, -0.2) is 15.5 Å². The highest BCUT2D eigenvalue weighted by molar-refractivity contribution is 7.92. The van der Waals surface area contributed by atoms with Crippen molar-refractivity contribution in [1.29, 1.82) is 5.26 Å². The fourth-order valence-electron chi connectivity index (χ4n) is 1.71. The molecule has 7 heteroatoms. The first kappa shape index (κ1) is 15.2. The Labute approximate surface area is 127 Å². The van der Waals surface area contributed by atoms with Crippen LogP contribution in [0.4, 0.5) is 5.69 Å². The van der Waals surface area contributed by atoms with Crippen LogP contribution in [0, 0.1) is 11.3 Å². The molecule has 5 nitrogen and oxygen atoms in total. The molecule has 0 fully saturated rings. The first-order chi connectivity index (χ1) is 9.97. The van der Waals surface area contributed by atoms with Crippen molar-refractivity contribution < 1.29 is 13.2 Å². The molecule has 0 radical (unpaired) electrons. The van der Waals surface area contributed by atoms with Crippen molar-refractivity contribution in [2.24, 2.45) is 0 Å². The maximum absolute atomic E-state index is 12.3. The number of hydrogen-bond donors (Lipinski definition) is 1. The van der Waals surface area contributed by atoms with Crippen LogP contribution in [-0.2, 0) is 10.0 Å². The SMILES string of the molecule is COc1cccc(C#N)c1NS(=O)(=O)c1ccc(Cl)cc1. The lowest BCUT2D eigenvalue weighted by Gasteiger charge is -2.13. The first-order valence-corrected chi connectivity index (χ1v) is 7.69. The number of nitrogens with one attached hydrogen (secondary N) is 1. The molecule has 0 aliphatic heterocycles. The topological polar surface area (TPSA) is 79.2 Å². The summed E-state index contributed by atoms with van der Waals surface area (Å²) in [6.45, 7) is 0. The van der Waals surface area contributed by atoms with Gasteiger partial charge in [0.15, 0.2) is 0 Å². The van der Waals surface area contributed by atoms with Crippen molar-refractivity contribution in [3.05, 3.63) is 53.1 Å². The molecule has 0 aliphatic carbocycles. The predicted octanol–water partition coefficient (Wildman–Crippen LogP) is 3.02. The highest BCUT2D eigenvalue weighted by atomic mass is 35.5. The fourth-order valence-corrected chi connectivity index (χ4v) is 2.92. The van der Waals surface area contributed by atoms with Crippen molar-refractivity contribution in [1.82, 2.24) is 0 Å². The smallest absolute Gasteiger partial charge is 0.262 e. The van der Waals surface area contributed by atoms with E-state index in [1.54, 1.807) is 12.1 Å². The number of hydrogen-bond acceptors (Lipinski definition) is 4. The fraction of sp³-hybridized carbons (Fsp3) is 0.0714. The summed E-state index contributed by atoms with van der Waals surface area (Å²) in [7, 11) is -2.44. The van der Waals surface area contributed by atoms with Gasteiger partial charge in [0.2, 0.25) is 0 Å². The molecule has 0 bridgehead atoms. The molecular weight excluding hydrogens is 312 g/mol. The van der Waals surface area contributed by atoms with Crippen LogP contribution in [0.15, 0.2) is 47.4 Å². The van der Waals surface area contributed by atoms with Gasteiger partial charge in [-0.2, -0.15) is 5.26 Å². The number of halogens is 1. The number of para-hydroxylation sites is 1. The van der Waals surface area contributed by atoms with Crippen LogP contribution in [0.25, 0.3) is 0 Å². The maximum Gasteiger partial charge on any atom is 0.262 e. The Balaban J connectivity index is 2.46. The lowest BCUT2D eigenvalue weighted by molar-refractivity contribution is 0.417. The Morgan fingerprint density at radius 2 is 1.86 bits per heavy atom. The predicted molar refractivity (Wildman–Crippen MR) is 80.0 cm³/mol. The minimum Gasteiger partial charge on any atom is -0.495 e. The lowest BCUT2D eigenvalue weighted by Crippen LogP contribution is -2.14. The molecule has 0 aliphatic rings. The van der Waals surface area contributed by atoms with Crippen molar-refractivity contribution >= 4 is 27.3 Å². The van der Waals surface area contributed by atoms with Crippen LogP contribution >= 0.6 is 11.6 Å². The van der Waals surface area contributed by atoms with E-state index in [9.17, 15) is 8.42 Å². The molecule has 2 rings (SSSR count). The van der Waals surface area contributed by atoms with Crippen molar-refractivity contribution in [2.45, 2.75) is 4.90 Å². The van der Waals surface area contributed by atoms with Crippen molar-refractivity contribution in [3.63, 3.8) is 0 Å². The molecule has 0 spiro atoms. The number of anilines is 1. The number of sulfonamides is 1. The number of nitrogens with zero attached hydrogens (tertiary/aromatic N) is 1. The van der Waals surface area contributed by atoms with Crippen LogP contribution in [0.2, 0.25) is 5.02 Å². The minimum absolute atomic E-state index is 0.0432. The highest BCUT2D eigenvalue weighted by Gasteiger charge is 2.19. The summed E-state index contributed by atoms with van der Waals surface area (Å²) in [6, 6.07) is 12.3. The van der Waals surface area contributed by atoms with Gasteiger partial charge in [0.05, 0.1) is 17.6 Å². The first-order valence-electron chi connectivity index (χ1n) is 5.83. The average Bonchev–Trinajstić information content (AvgIpc) is 2.47. The Kier molecular flexibility index (Phi) is 4.36. The van der Waals surface area contributed by atoms with E-state index in [0.29, 0.717) is 5.02 Å². The Hall–Kier alpha value is -2.23. The van der Waals surface area contributed by atoms with E-state index in [1.165, 1.54) is 37.4 Å². The second kappa shape index (κ2) is 6.04. The normalized spacial score (nSPS) is 10.7. The van der Waals surface area contributed by atoms with E-state index in [1.807, 2.05) is 6.07 Å². The van der Waals surface area contributed by atoms with Gasteiger partial charge in [-0.3, -0.25) is 4.72 Å². The Morgan fingerprint density at radius 3 is 2.43 bits per heavy atom. The van der Waals surface area contributed by atoms with Gasteiger partial charge in [0, 0.05) is 5.02 Å². The number of ether oxygens (including phenoxy) is 1. The van der Waals surface area contributed by atoms with Gasteiger partial charge in [-0.15, -0.1) is 0 Å². The quantitative estimate of drug-likeness (QED) is 0.938. The third kappa shape index (κ3) is 3.27. The number of nitriles is 1. The summed E-state index contributed by atoms with van der Waals surface area (Å²) in [5, 5.41) is 9.52. The molecule has 1 N–H and O–H groups in total. The molecule has 0 heterocycles. The molecule has 0 atom stereocenters. The average molecular weight is 323 g/mol. The highest BCUT2D eigenvalue weighted by Crippen LogP contribution is 2.30. The summed E-state index contributed by atoms with van der Waals surface area (Å²) in [6.07, 6.45) is 0. The summed E-state index contributed by atoms with van der Waals surface area (Å²) in [5.74, 6) is 0.270. The van der Waals surface area contributed by atoms with E-state index in [-0.39, 0.29) is 21.9 Å². The number of methoxy groups -OCH3 is 1. The summed E-state index contributed by atoms with van der Waals surface area (Å²) < 4.78 is 32.1. The molecule has 21 heavy (non-hydrogen) atoms. The lowest BCUT2D eigenvalue weighted by atomic mass is 10.2. The van der Waals surface area contributed by atoms with Crippen LogP contribution in [0.5, 0.6) is 5.75 Å². The summed E-state index contributed by atoms with van der Waals surface area (Å²) >= 11 is 5.74. The molecule has 0 saturated carbocycles. The Bertz CT molecular complexity index is 796. The van der Waals surface area contributed by atoms with Crippen LogP contribution < -0.4 is 9.46 Å². The van der Waals surface area contributed by atoms with Gasteiger partial charge < -0.3 is 4.74 Å². The number of benzene rings is 2. The molecule has 2 aromatic rings. The van der Waals surface area contributed by atoms with Gasteiger partial charge in [0.1, 0.15) is 17.5 Å². The minimum atomic E-state index is -3.84. The van der Waals surface area contributed by atoms with Gasteiger partial charge in [-0.25, -0.2) is 8.42 Å². The van der Waals surface area contributed by atoms with Crippen molar-refractivity contribution in [3.8, 4) is 11.8 Å². The molecule has 0 saturated heterocycles. The van der Waals surface area contributed by atoms with Crippen LogP contribution in [0.3, 0.4) is 0 Å². The molecular formula is C14H11ClN2O3S. The van der Waals surface area contributed by atoms with Gasteiger partial charge in [-0.05, 0) is 36.4 Å². The maximum atomic E-state index is 12.3. The van der Waals surface area contributed by atoms with E-state index in [0.717, 1.165) is 0 Å². The van der Waals surface area contributed by atoms with E-state index < -0.39 is 10.0 Å². The largest absolute Gasteiger partial charge is 0.495 e. The summed E-state index contributed by atoms with van der Waals surface area (Å²) in [5.41, 5.74) is 0.282. The van der Waals surface area contributed by atoms with E-state index in [2.05, 4.69) is 4.72 Å².